The third kappa shape index (κ3) is 8.27. The number of nitrogens with zero attached hydrogens (tertiary/aromatic N) is 2. The highest BCUT2D eigenvalue weighted by atomic mass is 35.5. The first kappa shape index (κ1) is 29.2. The number of nitrogens with one attached hydrogen (secondary N) is 1. The van der Waals surface area contributed by atoms with Crippen LogP contribution in [0.15, 0.2) is 42.5 Å². The van der Waals surface area contributed by atoms with Gasteiger partial charge in [-0.3, -0.25) is 13.9 Å². The quantitative estimate of drug-likeness (QED) is 0.418. The summed E-state index contributed by atoms with van der Waals surface area (Å²) in [6, 6.07) is 10.5. The van der Waals surface area contributed by atoms with E-state index in [1.54, 1.807) is 31.2 Å². The molecule has 0 heterocycles. The van der Waals surface area contributed by atoms with Gasteiger partial charge in [-0.1, -0.05) is 73.8 Å². The molecule has 0 aromatic heterocycles. The molecule has 192 valence electrons. The number of hydrogen-bond acceptors (Lipinski definition) is 4. The molecule has 1 N–H and O–H groups in total. The van der Waals surface area contributed by atoms with Crippen LogP contribution in [0.25, 0.3) is 0 Å². The maximum Gasteiger partial charge on any atom is 0.244 e. The molecule has 0 spiro atoms. The van der Waals surface area contributed by atoms with Crippen LogP contribution in [0.5, 0.6) is 0 Å². The summed E-state index contributed by atoms with van der Waals surface area (Å²) in [5.74, 6) is -0.679. The standard InChI is InChI=1S/C24H30Cl3N3O4S/c1-5-21(24(32)28-13-16(2)3)29(14-17-8-6-7-9-19(17)26)23(31)15-30(35(4,33)34)22-11-10-18(25)12-20(22)27/h6-12,16,21H,5,13-15H2,1-4H3,(H,28,32)/t21-/m0/s1. The Morgan fingerprint density at radius 1 is 1.03 bits per heavy atom. The van der Waals surface area contributed by atoms with Crippen molar-refractivity contribution >= 4 is 62.3 Å². The van der Waals surface area contributed by atoms with Crippen molar-refractivity contribution in [2.24, 2.45) is 5.92 Å². The second-order valence-corrected chi connectivity index (χ2v) is 11.7. The Hall–Kier alpha value is -2.00. The third-order valence-electron chi connectivity index (χ3n) is 5.23. The van der Waals surface area contributed by atoms with Gasteiger partial charge in [0.15, 0.2) is 0 Å². The van der Waals surface area contributed by atoms with Gasteiger partial charge >= 0.3 is 0 Å². The number of halogens is 3. The van der Waals surface area contributed by atoms with Gasteiger partial charge < -0.3 is 10.2 Å². The summed E-state index contributed by atoms with van der Waals surface area (Å²) >= 11 is 18.6. The molecular weight excluding hydrogens is 533 g/mol. The molecule has 2 aromatic rings. The van der Waals surface area contributed by atoms with E-state index in [-0.39, 0.29) is 29.1 Å². The molecule has 2 amide bonds. The fourth-order valence-corrected chi connectivity index (χ4v) is 5.05. The van der Waals surface area contributed by atoms with Crippen molar-refractivity contribution in [3.8, 4) is 0 Å². The highest BCUT2D eigenvalue weighted by molar-refractivity contribution is 7.92. The van der Waals surface area contributed by atoms with Crippen molar-refractivity contribution in [1.82, 2.24) is 10.2 Å². The molecule has 2 aromatic carbocycles. The Morgan fingerprint density at radius 2 is 1.69 bits per heavy atom. The van der Waals surface area contributed by atoms with Gasteiger partial charge in [0.05, 0.1) is 17.0 Å². The summed E-state index contributed by atoms with van der Waals surface area (Å²) in [5, 5.41) is 3.70. The first-order valence-electron chi connectivity index (χ1n) is 11.1. The number of rotatable bonds is 11. The van der Waals surface area contributed by atoms with E-state index >= 15 is 0 Å². The van der Waals surface area contributed by atoms with Gasteiger partial charge in [-0.2, -0.15) is 0 Å². The lowest BCUT2D eigenvalue weighted by Crippen LogP contribution is -2.52. The Balaban J connectivity index is 2.47. The van der Waals surface area contributed by atoms with Crippen molar-refractivity contribution in [1.29, 1.82) is 0 Å². The number of benzene rings is 2. The normalized spacial score (nSPS) is 12.3. The van der Waals surface area contributed by atoms with Gasteiger partial charge in [-0.25, -0.2) is 8.42 Å². The lowest BCUT2D eigenvalue weighted by molar-refractivity contribution is -0.140. The van der Waals surface area contributed by atoms with Gasteiger partial charge in [0.2, 0.25) is 21.8 Å². The molecule has 0 saturated heterocycles. The second kappa shape index (κ2) is 12.8. The fourth-order valence-electron chi connectivity index (χ4n) is 3.43. The van der Waals surface area contributed by atoms with Crippen LogP contribution in [0.3, 0.4) is 0 Å². The van der Waals surface area contributed by atoms with Crippen molar-refractivity contribution in [3.05, 3.63) is 63.1 Å². The average Bonchev–Trinajstić information content (AvgIpc) is 2.76. The van der Waals surface area contributed by atoms with Crippen LogP contribution in [-0.4, -0.2) is 50.5 Å². The predicted molar refractivity (Wildman–Crippen MR) is 143 cm³/mol. The monoisotopic (exact) mass is 561 g/mol. The highest BCUT2D eigenvalue weighted by Gasteiger charge is 2.32. The molecule has 0 aliphatic carbocycles. The molecule has 0 unspecified atom stereocenters. The highest BCUT2D eigenvalue weighted by Crippen LogP contribution is 2.31. The van der Waals surface area contributed by atoms with Crippen molar-refractivity contribution < 1.29 is 18.0 Å². The van der Waals surface area contributed by atoms with Gasteiger partial charge in [-0.15, -0.1) is 0 Å². The summed E-state index contributed by atoms with van der Waals surface area (Å²) < 4.78 is 26.2. The van der Waals surface area contributed by atoms with E-state index < -0.39 is 28.5 Å². The zero-order valence-corrected chi connectivity index (χ0v) is 23.2. The molecule has 0 aliphatic rings. The van der Waals surface area contributed by atoms with Crippen molar-refractivity contribution in [3.63, 3.8) is 0 Å². The van der Waals surface area contributed by atoms with Crippen LogP contribution < -0.4 is 9.62 Å². The van der Waals surface area contributed by atoms with E-state index in [1.165, 1.54) is 23.1 Å². The molecule has 0 fully saturated rings. The van der Waals surface area contributed by atoms with E-state index in [0.29, 0.717) is 28.6 Å². The first-order valence-corrected chi connectivity index (χ1v) is 14.1. The molecule has 0 aliphatic heterocycles. The van der Waals surface area contributed by atoms with Crippen LogP contribution in [0.2, 0.25) is 15.1 Å². The maximum absolute atomic E-state index is 13.6. The molecule has 35 heavy (non-hydrogen) atoms. The Labute approximate surface area is 222 Å². The van der Waals surface area contributed by atoms with Crippen LogP contribution in [0, 0.1) is 5.92 Å². The van der Waals surface area contributed by atoms with Crippen LogP contribution in [0.4, 0.5) is 5.69 Å². The SMILES string of the molecule is CC[C@@H](C(=O)NCC(C)C)N(Cc1ccccc1Cl)C(=O)CN(c1ccc(Cl)cc1Cl)S(C)(=O)=O. The topological polar surface area (TPSA) is 86.8 Å². The first-order chi connectivity index (χ1) is 16.3. The molecule has 2 rings (SSSR count). The van der Waals surface area contributed by atoms with Crippen LogP contribution in [-0.2, 0) is 26.2 Å². The molecule has 11 heteroatoms. The van der Waals surface area contributed by atoms with Crippen molar-refractivity contribution in [2.45, 2.75) is 39.8 Å². The lowest BCUT2D eigenvalue weighted by atomic mass is 10.1. The Morgan fingerprint density at radius 3 is 2.23 bits per heavy atom. The van der Waals surface area contributed by atoms with Gasteiger partial charge in [0.1, 0.15) is 12.6 Å². The number of carbonyl (C=O) groups excluding carboxylic acids is 2. The number of amides is 2. The zero-order chi connectivity index (χ0) is 26.3. The molecule has 0 bridgehead atoms. The van der Waals surface area contributed by atoms with E-state index in [4.69, 9.17) is 34.8 Å². The maximum atomic E-state index is 13.6. The van der Waals surface area contributed by atoms with E-state index in [2.05, 4.69) is 5.32 Å². The summed E-state index contributed by atoms with van der Waals surface area (Å²) in [4.78, 5) is 28.0. The minimum atomic E-state index is -3.91. The average molecular weight is 563 g/mol. The summed E-state index contributed by atoms with van der Waals surface area (Å²) in [6.07, 6.45) is 1.30. The largest absolute Gasteiger partial charge is 0.354 e. The summed E-state index contributed by atoms with van der Waals surface area (Å²) in [5.41, 5.74) is 0.745. The van der Waals surface area contributed by atoms with Gasteiger partial charge in [0, 0.05) is 23.1 Å². The van der Waals surface area contributed by atoms with Crippen LogP contribution in [0.1, 0.15) is 32.8 Å². The molecule has 0 radical (unpaired) electrons. The van der Waals surface area contributed by atoms with E-state index in [9.17, 15) is 18.0 Å². The Bertz CT molecular complexity index is 1160. The Kier molecular flexibility index (Phi) is 10.7. The summed E-state index contributed by atoms with van der Waals surface area (Å²) in [7, 11) is -3.91. The molecule has 1 atom stereocenters. The van der Waals surface area contributed by atoms with E-state index in [0.717, 1.165) is 10.6 Å². The van der Waals surface area contributed by atoms with Gasteiger partial charge in [0.25, 0.3) is 0 Å². The summed E-state index contributed by atoms with van der Waals surface area (Å²) in [6.45, 7) is 5.63. The second-order valence-electron chi connectivity index (χ2n) is 8.54. The minimum Gasteiger partial charge on any atom is -0.354 e. The minimum absolute atomic E-state index is 0.0259. The van der Waals surface area contributed by atoms with E-state index in [1.807, 2.05) is 13.8 Å². The van der Waals surface area contributed by atoms with Crippen LogP contribution >= 0.6 is 34.8 Å². The third-order valence-corrected chi connectivity index (χ3v) is 7.26. The molecule has 0 saturated carbocycles. The lowest BCUT2D eigenvalue weighted by Gasteiger charge is -2.33. The fraction of sp³-hybridized carbons (Fsp3) is 0.417. The number of sulfonamides is 1. The number of anilines is 1. The van der Waals surface area contributed by atoms with Gasteiger partial charge in [-0.05, 0) is 42.2 Å². The molecule has 7 nitrogen and oxygen atoms in total. The van der Waals surface area contributed by atoms with Crippen molar-refractivity contribution in [2.75, 3.05) is 23.7 Å². The molecular formula is C24H30Cl3N3O4S. The zero-order valence-electron chi connectivity index (χ0n) is 20.1. The predicted octanol–water partition coefficient (Wildman–Crippen LogP) is 4.99. The smallest absolute Gasteiger partial charge is 0.244 e. The number of carbonyl (C=O) groups is 2. The number of hydrogen-bond donors (Lipinski definition) is 1.